The van der Waals surface area contributed by atoms with Crippen LogP contribution in [0.25, 0.3) is 0 Å². The normalized spacial score (nSPS) is 12.8. The molecule has 0 rings (SSSR count). The third-order valence-electron chi connectivity index (χ3n) is 3.55. The molecule has 0 fully saturated rings. The Morgan fingerprint density at radius 1 is 0.514 bits per heavy atom. The molecule has 35 heavy (non-hydrogen) atoms. The quantitative estimate of drug-likeness (QED) is 0.172. The Morgan fingerprint density at radius 2 is 0.657 bits per heavy atom. The van der Waals surface area contributed by atoms with Gasteiger partial charge in [-0.2, -0.15) is 0 Å². The number of aliphatic hydroxyl groups excluding tert-OH is 4. The van der Waals surface area contributed by atoms with Crippen molar-refractivity contribution in [2.45, 2.75) is 123 Å². The van der Waals surface area contributed by atoms with Crippen molar-refractivity contribution in [3.05, 3.63) is 23.7 Å². The first kappa shape index (κ1) is 44.1. The van der Waals surface area contributed by atoms with Gasteiger partial charge < -0.3 is 20.4 Å². The molecule has 0 aliphatic carbocycles. The molecule has 0 atom stereocenters. The molecule has 0 unspecified atom stereocenters. The van der Waals surface area contributed by atoms with Gasteiger partial charge in [0.2, 0.25) is 0 Å². The molecule has 208 valence electrons. The van der Waals surface area contributed by atoms with Crippen LogP contribution in [0.4, 0.5) is 0 Å². The van der Waals surface area contributed by atoms with Crippen LogP contribution in [-0.4, -0.2) is 44.2 Å². The minimum absolute atomic E-state index is 0. The van der Waals surface area contributed by atoms with Crippen molar-refractivity contribution in [2.75, 3.05) is 0 Å². The molecule has 0 aromatic carbocycles. The van der Waals surface area contributed by atoms with E-state index in [0.29, 0.717) is 0 Å². The maximum atomic E-state index is 11.5. The fraction of sp³-hybridized carbons (Fsp3) is 0.786. The minimum atomic E-state index is -0.417. The monoisotopic (exact) mass is 536 g/mol. The van der Waals surface area contributed by atoms with Gasteiger partial charge in [0.25, 0.3) is 0 Å². The fourth-order valence-corrected chi connectivity index (χ4v) is 1.11. The first-order chi connectivity index (χ1) is 14.6. The van der Waals surface area contributed by atoms with Gasteiger partial charge in [-0.15, -0.1) is 0 Å². The number of carbonyl (C=O) groups excluding carboxylic acids is 2. The summed E-state index contributed by atoms with van der Waals surface area (Å²) in [6.45, 7) is 29.1. The standard InChI is InChI=1S/2C11H20O2.2C3H8O.Ti/c2*1-10(2,3)8(12)7-9(13)11(4,5)6;2*1-3(2)4;/h2*7,12H,1-6H3;2*3-4H,1-2H3;/b2*8-7+;;;. The van der Waals surface area contributed by atoms with Crippen molar-refractivity contribution < 1.29 is 51.7 Å². The minimum Gasteiger partial charge on any atom is -0.512 e. The van der Waals surface area contributed by atoms with Crippen molar-refractivity contribution in [3.63, 3.8) is 0 Å². The van der Waals surface area contributed by atoms with Crippen molar-refractivity contribution in [3.8, 4) is 0 Å². The van der Waals surface area contributed by atoms with Gasteiger partial charge in [0.15, 0.2) is 11.6 Å². The van der Waals surface area contributed by atoms with E-state index in [-0.39, 0.29) is 67.8 Å². The van der Waals surface area contributed by atoms with Gasteiger partial charge in [-0.3, -0.25) is 9.59 Å². The summed E-state index contributed by atoms with van der Waals surface area (Å²) in [5.74, 6) is 0.208. The third kappa shape index (κ3) is 33.1. The van der Waals surface area contributed by atoms with Crippen molar-refractivity contribution >= 4 is 11.6 Å². The molecule has 0 amide bonds. The van der Waals surface area contributed by atoms with E-state index in [1.54, 1.807) is 27.7 Å². The summed E-state index contributed by atoms with van der Waals surface area (Å²) in [5.41, 5.74) is -1.53. The van der Waals surface area contributed by atoms with Gasteiger partial charge in [-0.05, 0) is 27.7 Å². The molecule has 0 saturated carbocycles. The Bertz CT molecular complexity index is 583. The van der Waals surface area contributed by atoms with Gasteiger partial charge in [0.1, 0.15) is 11.5 Å². The van der Waals surface area contributed by atoms with Gasteiger partial charge in [-0.1, -0.05) is 83.1 Å². The zero-order valence-corrected chi connectivity index (χ0v) is 27.0. The number of aliphatic hydroxyl groups is 4. The largest absolute Gasteiger partial charge is 0.512 e. The maximum absolute atomic E-state index is 11.5. The summed E-state index contributed by atoms with van der Waals surface area (Å²) < 4.78 is 0. The summed E-state index contributed by atoms with van der Waals surface area (Å²) in [5, 5.41) is 35.2. The van der Waals surface area contributed by atoms with Gasteiger partial charge >= 0.3 is 0 Å². The van der Waals surface area contributed by atoms with E-state index in [2.05, 4.69) is 0 Å². The Morgan fingerprint density at radius 3 is 0.743 bits per heavy atom. The van der Waals surface area contributed by atoms with Crippen LogP contribution < -0.4 is 0 Å². The van der Waals surface area contributed by atoms with E-state index in [1.165, 1.54) is 12.2 Å². The molecule has 0 aromatic heterocycles. The topological polar surface area (TPSA) is 115 Å². The van der Waals surface area contributed by atoms with E-state index >= 15 is 0 Å². The second-order valence-electron chi connectivity index (χ2n) is 13.0. The number of rotatable bonds is 2. The van der Waals surface area contributed by atoms with E-state index in [1.807, 2.05) is 83.1 Å². The van der Waals surface area contributed by atoms with E-state index < -0.39 is 10.8 Å². The zero-order chi connectivity index (χ0) is 28.9. The summed E-state index contributed by atoms with van der Waals surface area (Å²) in [7, 11) is 0. The van der Waals surface area contributed by atoms with Crippen LogP contribution in [0, 0.1) is 21.7 Å². The average molecular weight is 537 g/mol. The molecule has 0 aromatic rings. The van der Waals surface area contributed by atoms with Crippen LogP contribution in [-0.2, 0) is 31.3 Å². The summed E-state index contributed by atoms with van der Waals surface area (Å²) in [4.78, 5) is 23.0. The first-order valence-electron chi connectivity index (χ1n) is 11.8. The molecule has 0 aliphatic rings. The van der Waals surface area contributed by atoms with Crippen LogP contribution >= 0.6 is 0 Å². The summed E-state index contributed by atoms with van der Waals surface area (Å²) in [6.07, 6.45) is 2.33. The maximum Gasteiger partial charge on any atom is 0.164 e. The third-order valence-corrected chi connectivity index (χ3v) is 3.55. The van der Waals surface area contributed by atoms with E-state index in [9.17, 15) is 19.8 Å². The van der Waals surface area contributed by atoms with Gasteiger partial charge in [0, 0.05) is 67.7 Å². The number of carbonyl (C=O) groups is 2. The van der Waals surface area contributed by atoms with E-state index in [4.69, 9.17) is 10.2 Å². The molecular formula is C28H56O6Ti. The van der Waals surface area contributed by atoms with Crippen LogP contribution in [0.3, 0.4) is 0 Å². The molecule has 7 heteroatoms. The van der Waals surface area contributed by atoms with Crippen molar-refractivity contribution in [1.29, 1.82) is 0 Å². The molecule has 6 nitrogen and oxygen atoms in total. The molecule has 4 N–H and O–H groups in total. The molecule has 0 bridgehead atoms. The zero-order valence-electron chi connectivity index (χ0n) is 25.4. The van der Waals surface area contributed by atoms with Crippen LogP contribution in [0.2, 0.25) is 0 Å². The molecule has 0 heterocycles. The fourth-order valence-electron chi connectivity index (χ4n) is 1.11. The number of hydrogen-bond acceptors (Lipinski definition) is 6. The van der Waals surface area contributed by atoms with Crippen LogP contribution in [0.15, 0.2) is 23.7 Å². The van der Waals surface area contributed by atoms with Gasteiger partial charge in [0.05, 0.1) is 0 Å². The predicted molar refractivity (Wildman–Crippen MR) is 144 cm³/mol. The molecule has 0 aliphatic heterocycles. The first-order valence-corrected chi connectivity index (χ1v) is 11.8. The Hall–Kier alpha value is -0.946. The summed E-state index contributed by atoms with van der Waals surface area (Å²) in [6, 6.07) is 0. The predicted octanol–water partition coefficient (Wildman–Crippen LogP) is 6.95. The smallest absolute Gasteiger partial charge is 0.164 e. The molecule has 0 radical (unpaired) electrons. The van der Waals surface area contributed by atoms with Crippen molar-refractivity contribution in [2.24, 2.45) is 21.7 Å². The van der Waals surface area contributed by atoms with Crippen LogP contribution in [0.1, 0.15) is 111 Å². The van der Waals surface area contributed by atoms with Crippen molar-refractivity contribution in [1.82, 2.24) is 0 Å². The SMILES string of the molecule is CC(C)(C)C(=O)/C=C(/O)C(C)(C)C.CC(C)(C)C(=O)/C=C(/O)C(C)(C)C.CC(C)O.CC(C)O.[Ti]. The number of allylic oxidation sites excluding steroid dienone is 4. The second kappa shape index (κ2) is 18.3. The Balaban J connectivity index is -0.000000128. The second-order valence-corrected chi connectivity index (χ2v) is 13.0. The molecule has 0 spiro atoms. The number of ketones is 2. The Labute approximate surface area is 231 Å². The Kier molecular flexibility index (Phi) is 23.1. The molecular weight excluding hydrogens is 480 g/mol. The van der Waals surface area contributed by atoms with Crippen LogP contribution in [0.5, 0.6) is 0 Å². The average Bonchev–Trinajstić information content (AvgIpc) is 2.50. The number of hydrogen-bond donors (Lipinski definition) is 4. The molecule has 0 saturated heterocycles. The van der Waals surface area contributed by atoms with Gasteiger partial charge in [-0.25, -0.2) is 0 Å². The summed E-state index contributed by atoms with van der Waals surface area (Å²) >= 11 is 0. The van der Waals surface area contributed by atoms with E-state index in [0.717, 1.165) is 0 Å².